The molecule has 12 heterocycles. The SMILES string of the molecule is C=CC(=O)N1CCN(c2nc(=O)n(-c3c(C)ccnc3C(C)C)c3nc(-c4c(F)c(F)c(F)c(N)c4Cl)c(F)cc23)C[C@H]1C.C=CC(=O)N1CCN(c2nc(=O)n(-c3c(C)ccnc3C(C)C)c3nc(-c4c(F)c(N)c(F)c(F)c4F)c(F)cc23)C[C@H]1C.C=CC(=O)N1CCN(c2nc(=O)n(-c3c(C)ccnc3C(C)C)c3nc(-c4c(N)c(F)c(F)c(Cl)c4F)c(F)cc23)[C@@H](C)C1. The summed E-state index contributed by atoms with van der Waals surface area (Å²) >= 11 is 11.8. The van der Waals surface area contributed by atoms with Crippen molar-refractivity contribution in [2.45, 2.75) is 119 Å². The van der Waals surface area contributed by atoms with Gasteiger partial charge in [0.15, 0.2) is 92.6 Å². The summed E-state index contributed by atoms with van der Waals surface area (Å²) in [5.74, 6) is -23.1. The quantitative estimate of drug-likeness (QED) is 0.0282. The van der Waals surface area contributed by atoms with Crippen LogP contribution in [-0.4, -0.2) is 168 Å². The average molecular weight is 1870 g/mol. The lowest BCUT2D eigenvalue weighted by Crippen LogP contribution is -2.54. The van der Waals surface area contributed by atoms with Gasteiger partial charge in [0.25, 0.3) is 0 Å². The molecule has 15 rings (SSSR count). The highest BCUT2D eigenvalue weighted by Crippen LogP contribution is 2.45. The van der Waals surface area contributed by atoms with Crippen LogP contribution in [-0.2, 0) is 14.4 Å². The topological polar surface area (TPSA) is 331 Å². The molecule has 3 aromatic carbocycles. The highest BCUT2D eigenvalue weighted by Gasteiger charge is 2.39. The fourth-order valence-electron chi connectivity index (χ4n) is 16.4. The number of halogens is 15. The molecule has 0 radical (unpaired) electrons. The van der Waals surface area contributed by atoms with Gasteiger partial charge < -0.3 is 46.6 Å². The number of hydrogen-bond donors (Lipinski definition) is 3. The summed E-state index contributed by atoms with van der Waals surface area (Å²) in [7, 11) is 0. The Labute approximate surface area is 754 Å². The summed E-state index contributed by atoms with van der Waals surface area (Å²) < 4.78 is 197. The number of pyridine rings is 6. The van der Waals surface area contributed by atoms with Gasteiger partial charge >= 0.3 is 17.1 Å². The number of nitrogen functional groups attached to an aromatic ring is 3. The van der Waals surface area contributed by atoms with E-state index in [1.807, 2.05) is 41.5 Å². The third-order valence-corrected chi connectivity index (χ3v) is 23.7. The van der Waals surface area contributed by atoms with Crippen LogP contribution in [0.15, 0.2) is 107 Å². The number of fused-ring (bicyclic) bond motifs is 3. The standard InChI is InChI=1S/2C30H28ClF4N7O2.C30H28F5N7O2/c1-6-18(43)40-9-10-41(15(5)12-40)28-16-11-17(32)26(19-21(33)20(31)22(34)23(35)24(19)36)38-29(16)42(30(44)39-28)27-14(4)7-8-37-25(27)13(2)3;1-6-18(43)41-10-9-40(12-15(41)5)28-16-11-17(32)26(19-20(31)24(36)23(35)22(34)21(19)33)38-29(16)42(30(44)39-28)27-14(4)7-8-37-25(27)13(2)3;1-6-18(43)41-10-9-40(12-15(41)5)28-16-11-17(31)26(19-20(32)22(34)23(35)24(36)21(19)33)38-29(16)42(30(44)39-28)27-14(4)7-8-37-25(27)13(2)3/h3*6-8,11,13,15H,1,9-10,12,36H2,2-5H3/t3*15-/m011/s1. The smallest absolute Gasteiger partial charge is 0.355 e. The van der Waals surface area contributed by atoms with Crippen LogP contribution in [0.5, 0.6) is 0 Å². The van der Waals surface area contributed by atoms with Crippen LogP contribution >= 0.6 is 23.2 Å². The third kappa shape index (κ3) is 17.0. The minimum Gasteiger partial charge on any atom is -0.396 e. The minimum absolute atomic E-state index is 0.00939. The summed E-state index contributed by atoms with van der Waals surface area (Å²) in [5.41, 5.74) is 8.62. The summed E-state index contributed by atoms with van der Waals surface area (Å²) in [6, 6.07) is 6.76. The fourth-order valence-corrected chi connectivity index (χ4v) is 16.8. The van der Waals surface area contributed by atoms with Crippen LogP contribution < -0.4 is 49.0 Å². The number of carbonyl (C=O) groups is 3. The molecule has 3 aliphatic rings. The molecular weight excluding hydrogens is 1790 g/mol. The normalized spacial score (nSPS) is 15.4. The molecule has 690 valence electrons. The van der Waals surface area contributed by atoms with Crippen molar-refractivity contribution in [3.8, 4) is 50.8 Å². The molecule has 6 N–H and O–H groups in total. The average Bonchev–Trinajstić information content (AvgIpc) is 0.736. The zero-order valence-electron chi connectivity index (χ0n) is 72.8. The Morgan fingerprint density at radius 1 is 0.402 bits per heavy atom. The Hall–Kier alpha value is -13.9. The van der Waals surface area contributed by atoms with Crippen molar-refractivity contribution in [3.63, 3.8) is 0 Å². The number of anilines is 6. The van der Waals surface area contributed by atoms with Crippen molar-refractivity contribution in [2.24, 2.45) is 0 Å². The van der Waals surface area contributed by atoms with Gasteiger partial charge in [-0.1, -0.05) is 84.5 Å². The monoisotopic (exact) mass is 1870 g/mol. The molecule has 3 amide bonds. The molecule has 3 fully saturated rings. The van der Waals surface area contributed by atoms with Crippen molar-refractivity contribution in [1.82, 2.24) is 73.3 Å². The molecule has 3 aliphatic heterocycles. The lowest BCUT2D eigenvalue weighted by Gasteiger charge is -2.40. The maximum atomic E-state index is 16.0. The lowest BCUT2D eigenvalue weighted by atomic mass is 10.0. The van der Waals surface area contributed by atoms with Gasteiger partial charge in [0, 0.05) is 95.6 Å². The van der Waals surface area contributed by atoms with Crippen LogP contribution in [0, 0.1) is 96.4 Å². The second kappa shape index (κ2) is 37.5. The van der Waals surface area contributed by atoms with Crippen LogP contribution in [0.1, 0.15) is 114 Å². The molecule has 0 aliphatic carbocycles. The zero-order chi connectivity index (χ0) is 96.6. The van der Waals surface area contributed by atoms with Crippen molar-refractivity contribution in [2.75, 3.05) is 90.8 Å². The summed E-state index contributed by atoms with van der Waals surface area (Å²) in [5, 5.41) is -1.91. The Balaban J connectivity index is 0.000000168. The van der Waals surface area contributed by atoms with Gasteiger partial charge in [-0.15, -0.1) is 0 Å². The van der Waals surface area contributed by atoms with E-state index in [9.17, 15) is 59.5 Å². The summed E-state index contributed by atoms with van der Waals surface area (Å²) in [6.45, 7) is 34.4. The number of aromatic nitrogens is 12. The molecule has 132 heavy (non-hydrogen) atoms. The van der Waals surface area contributed by atoms with Gasteiger partial charge in [0.2, 0.25) is 17.7 Å². The number of carbonyl (C=O) groups excluding carboxylic acids is 3. The maximum absolute atomic E-state index is 16.0. The maximum Gasteiger partial charge on any atom is 0.355 e. The molecule has 9 aromatic heterocycles. The first kappa shape index (κ1) is 95.7. The van der Waals surface area contributed by atoms with E-state index in [1.54, 1.807) is 108 Å². The Morgan fingerprint density at radius 2 is 0.758 bits per heavy atom. The van der Waals surface area contributed by atoms with Crippen molar-refractivity contribution < 1.29 is 71.5 Å². The number of nitrogens with zero attached hydrogens (tertiary/aromatic N) is 18. The number of rotatable bonds is 15. The van der Waals surface area contributed by atoms with Crippen molar-refractivity contribution in [3.05, 3.63) is 244 Å². The van der Waals surface area contributed by atoms with E-state index in [-0.39, 0.29) is 169 Å². The van der Waals surface area contributed by atoms with Gasteiger partial charge in [0.1, 0.15) is 45.2 Å². The van der Waals surface area contributed by atoms with Crippen LogP contribution in [0.25, 0.3) is 83.9 Å². The van der Waals surface area contributed by atoms with Crippen LogP contribution in [0.4, 0.5) is 91.6 Å². The van der Waals surface area contributed by atoms with E-state index >= 15 is 26.3 Å². The lowest BCUT2D eigenvalue weighted by molar-refractivity contribution is -0.129. The number of amides is 3. The minimum atomic E-state index is -2.11. The number of hydrogen-bond acceptors (Lipinski definition) is 21. The third-order valence-electron chi connectivity index (χ3n) is 22.9. The van der Waals surface area contributed by atoms with Gasteiger partial charge in [0.05, 0.1) is 83.4 Å². The Bertz CT molecular complexity index is 6680. The number of piperazine rings is 3. The molecule has 0 saturated carbocycles. The summed E-state index contributed by atoms with van der Waals surface area (Å²) in [4.78, 5) is 128. The Morgan fingerprint density at radius 3 is 1.14 bits per heavy atom. The first-order valence-electron chi connectivity index (χ1n) is 41.0. The Kier molecular flexibility index (Phi) is 27.2. The number of benzene rings is 3. The zero-order valence-corrected chi connectivity index (χ0v) is 74.3. The predicted octanol–water partition coefficient (Wildman–Crippen LogP) is 15.4. The van der Waals surface area contributed by atoms with E-state index in [0.717, 1.165) is 31.9 Å². The van der Waals surface area contributed by atoms with E-state index in [1.165, 1.54) is 18.2 Å². The molecule has 3 atom stereocenters. The van der Waals surface area contributed by atoms with Crippen molar-refractivity contribution >= 4 is 109 Å². The molecule has 3 saturated heterocycles. The molecule has 0 bridgehead atoms. The first-order valence-corrected chi connectivity index (χ1v) is 41.8. The second-order valence-corrected chi connectivity index (χ2v) is 33.3. The predicted molar refractivity (Wildman–Crippen MR) is 475 cm³/mol. The number of aryl methyl sites for hydroxylation is 3. The molecular formula is C90H84Cl2F13N21O6. The second-order valence-electron chi connectivity index (χ2n) is 32.5. The molecule has 27 nitrogen and oxygen atoms in total. The van der Waals surface area contributed by atoms with Crippen LogP contribution in [0.3, 0.4) is 0 Å². The number of nitrogens with two attached hydrogens (primary N) is 3. The highest BCUT2D eigenvalue weighted by molar-refractivity contribution is 6.36. The molecule has 0 unspecified atom stereocenters. The van der Waals surface area contributed by atoms with E-state index < -0.39 is 154 Å². The van der Waals surface area contributed by atoms with Gasteiger partial charge in [-0.25, -0.2) is 100 Å². The molecule has 12 aromatic rings. The fraction of sp³-hybridized carbons (Fsp3) is 0.300. The summed E-state index contributed by atoms with van der Waals surface area (Å²) in [6.07, 6.45) is 8.30. The first-order chi connectivity index (χ1) is 62.3. The van der Waals surface area contributed by atoms with Gasteiger partial charge in [-0.2, -0.15) is 15.0 Å². The molecule has 0 spiro atoms. The van der Waals surface area contributed by atoms with Gasteiger partial charge in [-0.3, -0.25) is 29.3 Å². The van der Waals surface area contributed by atoms with E-state index in [4.69, 9.17) is 40.4 Å². The highest BCUT2D eigenvalue weighted by atomic mass is 35.5. The van der Waals surface area contributed by atoms with E-state index in [2.05, 4.69) is 64.6 Å². The molecule has 42 heteroatoms. The van der Waals surface area contributed by atoms with Gasteiger partial charge in [-0.05, 0) is 131 Å². The van der Waals surface area contributed by atoms with E-state index in [0.29, 0.717) is 45.1 Å². The van der Waals surface area contributed by atoms with Crippen LogP contribution in [0.2, 0.25) is 10.0 Å². The largest absolute Gasteiger partial charge is 0.396 e. The van der Waals surface area contributed by atoms with Crippen molar-refractivity contribution in [1.29, 1.82) is 0 Å².